The Morgan fingerprint density at radius 2 is 2.00 bits per heavy atom. The molecule has 0 unspecified atom stereocenters. The van der Waals surface area contributed by atoms with Gasteiger partial charge in [-0.25, -0.2) is 0 Å². The van der Waals surface area contributed by atoms with Crippen molar-refractivity contribution in [2.45, 2.75) is 44.6 Å². The molecule has 3 N–H and O–H groups in total. The van der Waals surface area contributed by atoms with Gasteiger partial charge < -0.3 is 15.7 Å². The Kier molecular flexibility index (Phi) is 3.38. The topological polar surface area (TPSA) is 83.6 Å². The van der Waals surface area contributed by atoms with Gasteiger partial charge in [-0.2, -0.15) is 0 Å². The number of amides is 1. The maximum Gasteiger partial charge on any atom is 0.305 e. The van der Waals surface area contributed by atoms with Gasteiger partial charge in [0.15, 0.2) is 0 Å². The van der Waals surface area contributed by atoms with Crippen LogP contribution >= 0.6 is 0 Å². The van der Waals surface area contributed by atoms with Gasteiger partial charge in [0.05, 0.1) is 11.8 Å². The SMILES string of the molecule is NCC1(C(=O)N(CCC(=O)O)C2CC2)CCC1. The predicted molar refractivity (Wildman–Crippen MR) is 62.3 cm³/mol. The van der Waals surface area contributed by atoms with Crippen molar-refractivity contribution >= 4 is 11.9 Å². The summed E-state index contributed by atoms with van der Waals surface area (Å²) in [7, 11) is 0. The van der Waals surface area contributed by atoms with Crippen molar-refractivity contribution in [3.63, 3.8) is 0 Å². The van der Waals surface area contributed by atoms with Crippen LogP contribution in [-0.2, 0) is 9.59 Å². The summed E-state index contributed by atoms with van der Waals surface area (Å²) >= 11 is 0. The molecule has 0 aromatic rings. The number of nitrogens with two attached hydrogens (primary N) is 1. The quantitative estimate of drug-likeness (QED) is 0.711. The van der Waals surface area contributed by atoms with E-state index in [1.165, 1.54) is 0 Å². The molecule has 0 saturated heterocycles. The van der Waals surface area contributed by atoms with Crippen LogP contribution in [-0.4, -0.2) is 41.0 Å². The Morgan fingerprint density at radius 1 is 1.35 bits per heavy atom. The lowest BCUT2D eigenvalue weighted by Crippen LogP contribution is -2.53. The van der Waals surface area contributed by atoms with Gasteiger partial charge in [-0.05, 0) is 25.7 Å². The zero-order valence-electron chi connectivity index (χ0n) is 10.0. The summed E-state index contributed by atoms with van der Waals surface area (Å²) in [6.07, 6.45) is 4.82. The molecule has 0 aliphatic heterocycles. The van der Waals surface area contributed by atoms with Crippen molar-refractivity contribution < 1.29 is 14.7 Å². The lowest BCUT2D eigenvalue weighted by atomic mass is 9.67. The van der Waals surface area contributed by atoms with E-state index in [4.69, 9.17) is 10.8 Å². The third-order valence-electron chi connectivity index (χ3n) is 3.97. The molecule has 0 aromatic heterocycles. The fraction of sp³-hybridized carbons (Fsp3) is 0.833. The standard InChI is InChI=1S/C12H20N2O3/c13-8-12(5-1-6-12)11(17)14(9-2-3-9)7-4-10(15)16/h9H,1-8,13H2,(H,15,16). The average molecular weight is 240 g/mol. The molecule has 5 heteroatoms. The molecule has 2 fully saturated rings. The van der Waals surface area contributed by atoms with E-state index < -0.39 is 5.97 Å². The number of carbonyl (C=O) groups is 2. The van der Waals surface area contributed by atoms with Gasteiger partial charge in [0.25, 0.3) is 0 Å². The molecule has 5 nitrogen and oxygen atoms in total. The fourth-order valence-corrected chi connectivity index (χ4v) is 2.47. The van der Waals surface area contributed by atoms with E-state index in [0.29, 0.717) is 13.1 Å². The van der Waals surface area contributed by atoms with Gasteiger partial charge in [-0.3, -0.25) is 9.59 Å². The molecular weight excluding hydrogens is 220 g/mol. The van der Waals surface area contributed by atoms with E-state index in [1.807, 2.05) is 0 Å². The Balaban J connectivity index is 1.99. The predicted octanol–water partition coefficient (Wildman–Crippen LogP) is 0.581. The van der Waals surface area contributed by atoms with Gasteiger partial charge in [-0.15, -0.1) is 0 Å². The third kappa shape index (κ3) is 2.44. The highest BCUT2D eigenvalue weighted by Crippen LogP contribution is 2.43. The van der Waals surface area contributed by atoms with Crippen molar-refractivity contribution in [3.05, 3.63) is 0 Å². The van der Waals surface area contributed by atoms with Crippen LogP contribution in [0.1, 0.15) is 38.5 Å². The number of aliphatic carboxylic acids is 1. The number of carboxylic acid groups (broad SMARTS) is 1. The van der Waals surface area contributed by atoms with Gasteiger partial charge in [0.1, 0.15) is 0 Å². The summed E-state index contributed by atoms with van der Waals surface area (Å²) in [5, 5.41) is 8.71. The molecule has 17 heavy (non-hydrogen) atoms. The van der Waals surface area contributed by atoms with Crippen LogP contribution < -0.4 is 5.73 Å². The Hall–Kier alpha value is -1.10. The van der Waals surface area contributed by atoms with Gasteiger partial charge in [0.2, 0.25) is 5.91 Å². The number of hydrogen-bond acceptors (Lipinski definition) is 3. The first kappa shape index (κ1) is 12.4. The maximum atomic E-state index is 12.4. The summed E-state index contributed by atoms with van der Waals surface area (Å²) in [6, 6.07) is 0.269. The lowest BCUT2D eigenvalue weighted by molar-refractivity contribution is -0.148. The van der Waals surface area contributed by atoms with Crippen LogP contribution in [0.15, 0.2) is 0 Å². The molecule has 0 atom stereocenters. The Bertz CT molecular complexity index is 316. The molecule has 2 saturated carbocycles. The molecule has 96 valence electrons. The van der Waals surface area contributed by atoms with Crippen LogP contribution in [0.25, 0.3) is 0 Å². The largest absolute Gasteiger partial charge is 0.481 e. The molecule has 0 bridgehead atoms. The van der Waals surface area contributed by atoms with E-state index in [-0.39, 0.29) is 23.8 Å². The monoisotopic (exact) mass is 240 g/mol. The van der Waals surface area contributed by atoms with Crippen molar-refractivity contribution in [1.29, 1.82) is 0 Å². The minimum Gasteiger partial charge on any atom is -0.481 e. The van der Waals surface area contributed by atoms with Crippen molar-refractivity contribution in [2.75, 3.05) is 13.1 Å². The molecule has 2 aliphatic rings. The zero-order chi connectivity index (χ0) is 12.5. The number of carbonyl (C=O) groups excluding carboxylic acids is 1. The summed E-state index contributed by atoms with van der Waals surface area (Å²) in [5.74, 6) is -0.756. The third-order valence-corrected chi connectivity index (χ3v) is 3.97. The Morgan fingerprint density at radius 3 is 2.35 bits per heavy atom. The highest BCUT2D eigenvalue weighted by molar-refractivity contribution is 5.85. The second kappa shape index (κ2) is 4.64. The zero-order valence-corrected chi connectivity index (χ0v) is 10.0. The number of hydrogen-bond donors (Lipinski definition) is 2. The van der Waals surface area contributed by atoms with E-state index in [1.54, 1.807) is 4.90 Å². The van der Waals surface area contributed by atoms with Crippen molar-refractivity contribution in [1.82, 2.24) is 4.90 Å². The molecule has 0 aromatic carbocycles. The first-order chi connectivity index (χ1) is 8.09. The average Bonchev–Trinajstić information content (AvgIpc) is 3.01. The number of nitrogens with zero attached hydrogens (tertiary/aromatic N) is 1. The Labute approximate surface area is 101 Å². The molecular formula is C12H20N2O3. The first-order valence-corrected chi connectivity index (χ1v) is 6.32. The lowest BCUT2D eigenvalue weighted by Gasteiger charge is -2.42. The number of carboxylic acids is 1. The van der Waals surface area contributed by atoms with E-state index >= 15 is 0 Å². The summed E-state index contributed by atoms with van der Waals surface area (Å²) in [5.41, 5.74) is 5.35. The summed E-state index contributed by atoms with van der Waals surface area (Å²) in [6.45, 7) is 0.725. The minimum absolute atomic E-state index is 0.0306. The van der Waals surface area contributed by atoms with E-state index in [9.17, 15) is 9.59 Å². The summed E-state index contributed by atoms with van der Waals surface area (Å²) < 4.78 is 0. The van der Waals surface area contributed by atoms with Gasteiger partial charge in [0, 0.05) is 19.1 Å². The molecule has 0 heterocycles. The molecule has 2 rings (SSSR count). The summed E-state index contributed by atoms with van der Waals surface area (Å²) in [4.78, 5) is 24.8. The van der Waals surface area contributed by atoms with Crippen molar-refractivity contribution in [3.8, 4) is 0 Å². The maximum absolute atomic E-state index is 12.4. The van der Waals surface area contributed by atoms with Crippen molar-refractivity contribution in [2.24, 2.45) is 11.1 Å². The van der Waals surface area contributed by atoms with Crippen LogP contribution in [0.2, 0.25) is 0 Å². The second-order valence-corrected chi connectivity index (χ2v) is 5.21. The highest BCUT2D eigenvalue weighted by atomic mass is 16.4. The van der Waals surface area contributed by atoms with Gasteiger partial charge >= 0.3 is 5.97 Å². The van der Waals surface area contributed by atoms with E-state index in [0.717, 1.165) is 32.1 Å². The highest BCUT2D eigenvalue weighted by Gasteiger charge is 2.47. The molecule has 0 radical (unpaired) electrons. The fourth-order valence-electron chi connectivity index (χ4n) is 2.47. The van der Waals surface area contributed by atoms with Gasteiger partial charge in [-0.1, -0.05) is 6.42 Å². The van der Waals surface area contributed by atoms with Crippen LogP contribution in [0.5, 0.6) is 0 Å². The second-order valence-electron chi connectivity index (χ2n) is 5.21. The first-order valence-electron chi connectivity index (χ1n) is 6.32. The molecule has 2 aliphatic carbocycles. The van der Waals surface area contributed by atoms with Crippen LogP contribution in [0, 0.1) is 5.41 Å². The van der Waals surface area contributed by atoms with Crippen LogP contribution in [0.4, 0.5) is 0 Å². The molecule has 0 spiro atoms. The minimum atomic E-state index is -0.848. The smallest absolute Gasteiger partial charge is 0.305 e. The van der Waals surface area contributed by atoms with Crippen LogP contribution in [0.3, 0.4) is 0 Å². The molecule has 1 amide bonds. The number of rotatable bonds is 6. The normalized spacial score (nSPS) is 21.7. The van der Waals surface area contributed by atoms with E-state index in [2.05, 4.69) is 0 Å².